The quantitative estimate of drug-likeness (QED) is 0.643. The van der Waals surface area contributed by atoms with E-state index in [0.717, 1.165) is 16.7 Å². The van der Waals surface area contributed by atoms with Crippen LogP contribution in [0.3, 0.4) is 0 Å². The number of carbonyl (C=O) groups excluding carboxylic acids is 1. The van der Waals surface area contributed by atoms with Crippen molar-refractivity contribution in [3.8, 4) is 0 Å². The Morgan fingerprint density at radius 3 is 1.59 bits per heavy atom. The number of hydrogen-bond acceptors (Lipinski definition) is 2. The van der Waals surface area contributed by atoms with Crippen LogP contribution in [0.1, 0.15) is 35.6 Å². The lowest BCUT2D eigenvalue weighted by molar-refractivity contribution is -0.120. The van der Waals surface area contributed by atoms with Gasteiger partial charge in [-0.1, -0.05) is 91.0 Å². The second-order valence-corrected chi connectivity index (χ2v) is 6.76. The van der Waals surface area contributed by atoms with Gasteiger partial charge in [-0.2, -0.15) is 0 Å². The molecular formula is C23H22N2OS. The zero-order valence-corrected chi connectivity index (χ0v) is 15.9. The molecule has 0 spiro atoms. The minimum Gasteiger partial charge on any atom is -0.356 e. The maximum absolute atomic E-state index is 13.0. The maximum atomic E-state index is 13.0. The molecule has 0 radical (unpaired) electrons. The largest absolute Gasteiger partial charge is 0.356 e. The molecule has 0 aliphatic carbocycles. The van der Waals surface area contributed by atoms with Crippen LogP contribution in [0, 0.1) is 0 Å². The molecule has 3 aromatic carbocycles. The van der Waals surface area contributed by atoms with Crippen LogP contribution in [-0.2, 0) is 4.79 Å². The van der Waals surface area contributed by atoms with E-state index in [0.29, 0.717) is 5.11 Å². The number of carbonyl (C=O) groups is 1. The first-order chi connectivity index (χ1) is 13.1. The molecule has 27 heavy (non-hydrogen) atoms. The van der Waals surface area contributed by atoms with Gasteiger partial charge in [-0.05, 0) is 35.8 Å². The Morgan fingerprint density at radius 1 is 0.741 bits per heavy atom. The molecule has 3 aromatic rings. The van der Waals surface area contributed by atoms with Crippen LogP contribution in [-0.4, -0.2) is 11.0 Å². The summed E-state index contributed by atoms with van der Waals surface area (Å²) in [6.45, 7) is 2.01. The van der Waals surface area contributed by atoms with Crippen molar-refractivity contribution in [2.45, 2.75) is 18.9 Å². The van der Waals surface area contributed by atoms with Crippen molar-refractivity contribution < 1.29 is 4.79 Å². The molecular weight excluding hydrogens is 352 g/mol. The number of thiocarbonyl (C=S) groups is 1. The van der Waals surface area contributed by atoms with Gasteiger partial charge < -0.3 is 10.6 Å². The summed E-state index contributed by atoms with van der Waals surface area (Å²) < 4.78 is 0. The first-order valence-electron chi connectivity index (χ1n) is 8.91. The van der Waals surface area contributed by atoms with Crippen molar-refractivity contribution in [1.82, 2.24) is 10.6 Å². The van der Waals surface area contributed by atoms with E-state index in [1.54, 1.807) is 0 Å². The lowest BCUT2D eigenvalue weighted by atomic mass is 9.90. The van der Waals surface area contributed by atoms with Crippen molar-refractivity contribution >= 4 is 23.2 Å². The van der Waals surface area contributed by atoms with E-state index in [1.807, 2.05) is 97.9 Å². The molecule has 1 unspecified atom stereocenters. The van der Waals surface area contributed by atoms with Crippen molar-refractivity contribution in [3.05, 3.63) is 108 Å². The molecule has 0 fully saturated rings. The maximum Gasteiger partial charge on any atom is 0.238 e. The highest BCUT2D eigenvalue weighted by Crippen LogP contribution is 2.24. The van der Waals surface area contributed by atoms with Crippen molar-refractivity contribution in [3.63, 3.8) is 0 Å². The fraction of sp³-hybridized carbons (Fsp3) is 0.130. The Labute approximate surface area is 165 Å². The highest BCUT2D eigenvalue weighted by atomic mass is 32.1. The van der Waals surface area contributed by atoms with E-state index in [-0.39, 0.29) is 11.9 Å². The van der Waals surface area contributed by atoms with Crippen molar-refractivity contribution in [2.75, 3.05) is 0 Å². The monoisotopic (exact) mass is 374 g/mol. The second-order valence-electron chi connectivity index (χ2n) is 6.35. The third-order valence-electron chi connectivity index (χ3n) is 4.41. The molecule has 0 aliphatic heterocycles. The average Bonchev–Trinajstić information content (AvgIpc) is 2.70. The van der Waals surface area contributed by atoms with Gasteiger partial charge in [-0.25, -0.2) is 0 Å². The fourth-order valence-electron chi connectivity index (χ4n) is 3.03. The fourth-order valence-corrected chi connectivity index (χ4v) is 3.31. The van der Waals surface area contributed by atoms with Crippen LogP contribution >= 0.6 is 12.2 Å². The van der Waals surface area contributed by atoms with Gasteiger partial charge in [0.05, 0.1) is 12.0 Å². The Hall–Kier alpha value is -2.98. The molecule has 0 bridgehead atoms. The van der Waals surface area contributed by atoms with Crippen LogP contribution in [0.5, 0.6) is 0 Å². The van der Waals surface area contributed by atoms with Crippen LogP contribution in [0.15, 0.2) is 91.0 Å². The van der Waals surface area contributed by atoms with E-state index in [2.05, 4.69) is 10.6 Å². The molecule has 0 heterocycles. The highest BCUT2D eigenvalue weighted by Gasteiger charge is 2.23. The van der Waals surface area contributed by atoms with Gasteiger partial charge >= 0.3 is 0 Å². The van der Waals surface area contributed by atoms with E-state index in [1.165, 1.54) is 0 Å². The summed E-state index contributed by atoms with van der Waals surface area (Å²) in [7, 11) is 0. The Bertz CT molecular complexity index is 843. The standard InChI is InChI=1S/C23H22N2OS/c1-17(18-11-5-2-6-12-18)24-23(27)25-22(26)21(19-13-7-3-8-14-19)20-15-9-4-10-16-20/h2-17,21H,1H3,(H2,24,25,26,27). The molecule has 0 aliphatic rings. The van der Waals surface area contributed by atoms with E-state index in [4.69, 9.17) is 12.2 Å². The number of nitrogens with one attached hydrogen (secondary N) is 2. The number of hydrogen-bond donors (Lipinski definition) is 2. The van der Waals surface area contributed by atoms with Crippen molar-refractivity contribution in [2.24, 2.45) is 0 Å². The van der Waals surface area contributed by atoms with Gasteiger partial charge in [0.15, 0.2) is 5.11 Å². The summed E-state index contributed by atoms with van der Waals surface area (Å²) >= 11 is 5.38. The van der Waals surface area contributed by atoms with Crippen molar-refractivity contribution in [1.29, 1.82) is 0 Å². The van der Waals surface area contributed by atoms with Crippen LogP contribution < -0.4 is 10.6 Å². The number of amides is 1. The summed E-state index contributed by atoms with van der Waals surface area (Å²) in [6.07, 6.45) is 0. The topological polar surface area (TPSA) is 41.1 Å². The summed E-state index contributed by atoms with van der Waals surface area (Å²) in [5, 5.41) is 6.37. The summed E-state index contributed by atoms with van der Waals surface area (Å²) in [5.41, 5.74) is 2.97. The molecule has 4 heteroatoms. The van der Waals surface area contributed by atoms with E-state index in [9.17, 15) is 4.79 Å². The first kappa shape index (κ1) is 18.8. The minimum atomic E-state index is -0.417. The second kappa shape index (κ2) is 9.10. The molecule has 1 amide bonds. The predicted octanol–water partition coefficient (Wildman–Crippen LogP) is 4.57. The summed E-state index contributed by atoms with van der Waals surface area (Å²) in [4.78, 5) is 13.0. The molecule has 0 saturated carbocycles. The smallest absolute Gasteiger partial charge is 0.238 e. The molecule has 0 saturated heterocycles. The molecule has 3 rings (SSSR count). The summed E-state index contributed by atoms with van der Waals surface area (Å²) in [5.74, 6) is -0.565. The third-order valence-corrected chi connectivity index (χ3v) is 4.63. The molecule has 2 N–H and O–H groups in total. The molecule has 1 atom stereocenters. The van der Waals surface area contributed by atoms with Crippen LogP contribution in [0.4, 0.5) is 0 Å². The number of benzene rings is 3. The van der Waals surface area contributed by atoms with Gasteiger partial charge in [0.2, 0.25) is 5.91 Å². The lowest BCUT2D eigenvalue weighted by Crippen LogP contribution is -2.42. The lowest BCUT2D eigenvalue weighted by Gasteiger charge is -2.21. The zero-order chi connectivity index (χ0) is 19.1. The average molecular weight is 375 g/mol. The zero-order valence-electron chi connectivity index (χ0n) is 15.1. The van der Waals surface area contributed by atoms with Gasteiger partial charge in [-0.3, -0.25) is 4.79 Å². The normalized spacial score (nSPS) is 11.6. The van der Waals surface area contributed by atoms with Gasteiger partial charge in [-0.15, -0.1) is 0 Å². The van der Waals surface area contributed by atoms with Gasteiger partial charge in [0, 0.05) is 0 Å². The van der Waals surface area contributed by atoms with E-state index < -0.39 is 5.92 Å². The molecule has 3 nitrogen and oxygen atoms in total. The predicted molar refractivity (Wildman–Crippen MR) is 113 cm³/mol. The van der Waals surface area contributed by atoms with Crippen LogP contribution in [0.25, 0.3) is 0 Å². The Morgan fingerprint density at radius 2 is 1.15 bits per heavy atom. The van der Waals surface area contributed by atoms with Gasteiger partial charge in [0.1, 0.15) is 0 Å². The Balaban J connectivity index is 1.74. The van der Waals surface area contributed by atoms with Crippen LogP contribution in [0.2, 0.25) is 0 Å². The molecule has 136 valence electrons. The first-order valence-corrected chi connectivity index (χ1v) is 9.32. The van der Waals surface area contributed by atoms with E-state index >= 15 is 0 Å². The summed E-state index contributed by atoms with van der Waals surface area (Å²) in [6, 6.07) is 29.5. The van der Waals surface area contributed by atoms with Gasteiger partial charge in [0.25, 0.3) is 0 Å². The Kier molecular flexibility index (Phi) is 6.34. The third kappa shape index (κ3) is 5.02. The number of rotatable bonds is 5. The molecule has 0 aromatic heterocycles. The SMILES string of the molecule is CC(NC(=S)NC(=O)C(c1ccccc1)c1ccccc1)c1ccccc1. The minimum absolute atomic E-state index is 0.00546. The highest BCUT2D eigenvalue weighted by molar-refractivity contribution is 7.80.